The number of hydrogen-bond donors (Lipinski definition) is 2. The summed E-state index contributed by atoms with van der Waals surface area (Å²) in [4.78, 5) is 0. The highest BCUT2D eigenvalue weighted by molar-refractivity contribution is 4.87. The lowest BCUT2D eigenvalue weighted by Crippen LogP contribution is -2.44. The van der Waals surface area contributed by atoms with E-state index in [4.69, 9.17) is 5.26 Å². The molecule has 0 aliphatic carbocycles. The lowest BCUT2D eigenvalue weighted by Gasteiger charge is -2.26. The Morgan fingerprint density at radius 3 is 2.30 bits per heavy atom. The number of nitriles is 1. The first-order chi connectivity index (χ1) is 4.52. The van der Waals surface area contributed by atoms with Crippen molar-refractivity contribution in [2.75, 3.05) is 0 Å². The molecule has 0 aliphatic heterocycles. The zero-order valence-electron chi connectivity index (χ0n) is 6.68. The second kappa shape index (κ2) is 3.43. The minimum atomic E-state index is -0.815. The predicted molar refractivity (Wildman–Crippen MR) is 39.1 cm³/mol. The van der Waals surface area contributed by atoms with E-state index < -0.39 is 5.60 Å². The maximum atomic E-state index is 9.39. The van der Waals surface area contributed by atoms with E-state index in [1.807, 2.05) is 13.1 Å². The molecule has 0 saturated carbocycles. The van der Waals surface area contributed by atoms with Gasteiger partial charge in [0.2, 0.25) is 0 Å². The summed E-state index contributed by atoms with van der Waals surface area (Å²) in [5.41, 5.74) is -0.815. The standard InChI is InChI=1S/C7H14N2O/c1-4-6(9-5-8)7(2,3)10/h6,9-10H,4H2,1-3H3. The van der Waals surface area contributed by atoms with Gasteiger partial charge in [-0.15, -0.1) is 0 Å². The van der Waals surface area contributed by atoms with Gasteiger partial charge in [0.1, 0.15) is 0 Å². The van der Waals surface area contributed by atoms with Gasteiger partial charge in [0, 0.05) is 0 Å². The molecule has 0 aromatic carbocycles. The van der Waals surface area contributed by atoms with Crippen molar-refractivity contribution in [3.05, 3.63) is 0 Å². The van der Waals surface area contributed by atoms with Gasteiger partial charge >= 0.3 is 0 Å². The highest BCUT2D eigenvalue weighted by Gasteiger charge is 2.24. The van der Waals surface area contributed by atoms with Gasteiger partial charge < -0.3 is 10.4 Å². The van der Waals surface area contributed by atoms with Crippen LogP contribution in [0.4, 0.5) is 0 Å². The topological polar surface area (TPSA) is 56.0 Å². The van der Waals surface area contributed by atoms with Crippen LogP contribution in [0.3, 0.4) is 0 Å². The lowest BCUT2D eigenvalue weighted by molar-refractivity contribution is 0.0421. The zero-order valence-corrected chi connectivity index (χ0v) is 6.68. The second-order valence-electron chi connectivity index (χ2n) is 2.87. The van der Waals surface area contributed by atoms with Crippen molar-refractivity contribution in [1.29, 1.82) is 5.26 Å². The summed E-state index contributed by atoms with van der Waals surface area (Å²) in [6, 6.07) is -0.141. The van der Waals surface area contributed by atoms with Gasteiger partial charge in [0.15, 0.2) is 6.19 Å². The Kier molecular flexibility index (Phi) is 3.17. The molecule has 3 heteroatoms. The predicted octanol–water partition coefficient (Wildman–Crippen LogP) is 0.607. The second-order valence-corrected chi connectivity index (χ2v) is 2.87. The van der Waals surface area contributed by atoms with Crippen molar-refractivity contribution in [3.8, 4) is 6.19 Å². The normalized spacial score (nSPS) is 13.9. The van der Waals surface area contributed by atoms with Crippen molar-refractivity contribution >= 4 is 0 Å². The summed E-state index contributed by atoms with van der Waals surface area (Å²) in [6.07, 6.45) is 2.56. The summed E-state index contributed by atoms with van der Waals surface area (Å²) in [5.74, 6) is 0. The zero-order chi connectivity index (χ0) is 8.20. The molecule has 2 N–H and O–H groups in total. The Hall–Kier alpha value is -0.750. The average molecular weight is 142 g/mol. The lowest BCUT2D eigenvalue weighted by atomic mass is 9.97. The summed E-state index contributed by atoms with van der Waals surface area (Å²) in [7, 11) is 0. The van der Waals surface area contributed by atoms with Crippen molar-refractivity contribution in [2.24, 2.45) is 0 Å². The third kappa shape index (κ3) is 2.70. The molecule has 0 aliphatic rings. The first kappa shape index (κ1) is 9.25. The minimum Gasteiger partial charge on any atom is -0.388 e. The van der Waals surface area contributed by atoms with E-state index in [0.29, 0.717) is 0 Å². The van der Waals surface area contributed by atoms with Crippen molar-refractivity contribution in [1.82, 2.24) is 5.32 Å². The van der Waals surface area contributed by atoms with Crippen LogP contribution in [-0.4, -0.2) is 16.7 Å². The Bertz CT molecular complexity index is 132. The van der Waals surface area contributed by atoms with Crippen LogP contribution < -0.4 is 5.32 Å². The van der Waals surface area contributed by atoms with Crippen LogP contribution in [0.1, 0.15) is 27.2 Å². The Balaban J connectivity index is 3.97. The molecular formula is C7H14N2O. The van der Waals surface area contributed by atoms with Crippen LogP contribution >= 0.6 is 0 Å². The van der Waals surface area contributed by atoms with Crippen LogP contribution in [0.2, 0.25) is 0 Å². The number of hydrogen-bond acceptors (Lipinski definition) is 3. The highest BCUT2D eigenvalue weighted by Crippen LogP contribution is 2.10. The largest absolute Gasteiger partial charge is 0.388 e. The third-order valence-corrected chi connectivity index (χ3v) is 1.50. The molecule has 0 bridgehead atoms. The number of aliphatic hydroxyl groups is 1. The molecule has 0 aromatic heterocycles. The van der Waals surface area contributed by atoms with E-state index in [0.717, 1.165) is 6.42 Å². The first-order valence-corrected chi connectivity index (χ1v) is 3.39. The van der Waals surface area contributed by atoms with E-state index in [1.54, 1.807) is 13.8 Å². The fraction of sp³-hybridized carbons (Fsp3) is 0.857. The summed E-state index contributed by atoms with van der Waals surface area (Å²) in [6.45, 7) is 5.30. The number of rotatable bonds is 3. The van der Waals surface area contributed by atoms with E-state index in [1.165, 1.54) is 0 Å². The molecule has 0 amide bonds. The van der Waals surface area contributed by atoms with Gasteiger partial charge in [0.25, 0.3) is 0 Å². The molecule has 0 aromatic rings. The highest BCUT2D eigenvalue weighted by atomic mass is 16.3. The van der Waals surface area contributed by atoms with Gasteiger partial charge in [0.05, 0.1) is 11.6 Å². The Morgan fingerprint density at radius 2 is 2.20 bits per heavy atom. The van der Waals surface area contributed by atoms with E-state index in [9.17, 15) is 5.11 Å². The Morgan fingerprint density at radius 1 is 1.70 bits per heavy atom. The van der Waals surface area contributed by atoms with Crippen LogP contribution in [0.5, 0.6) is 0 Å². The molecule has 0 fully saturated rings. The van der Waals surface area contributed by atoms with E-state index in [-0.39, 0.29) is 6.04 Å². The van der Waals surface area contributed by atoms with Crippen molar-refractivity contribution in [3.63, 3.8) is 0 Å². The van der Waals surface area contributed by atoms with Gasteiger partial charge in [-0.1, -0.05) is 6.92 Å². The van der Waals surface area contributed by atoms with Crippen molar-refractivity contribution < 1.29 is 5.11 Å². The molecular weight excluding hydrogens is 128 g/mol. The molecule has 1 atom stereocenters. The van der Waals surface area contributed by atoms with Gasteiger partial charge in [-0.05, 0) is 20.3 Å². The van der Waals surface area contributed by atoms with E-state index >= 15 is 0 Å². The van der Waals surface area contributed by atoms with Gasteiger partial charge in [-0.25, -0.2) is 0 Å². The van der Waals surface area contributed by atoms with Crippen LogP contribution in [0.15, 0.2) is 0 Å². The summed E-state index contributed by atoms with van der Waals surface area (Å²) >= 11 is 0. The summed E-state index contributed by atoms with van der Waals surface area (Å²) < 4.78 is 0. The number of nitrogens with one attached hydrogen (secondary N) is 1. The fourth-order valence-electron chi connectivity index (χ4n) is 0.856. The van der Waals surface area contributed by atoms with Crippen LogP contribution in [-0.2, 0) is 0 Å². The molecule has 0 spiro atoms. The Labute approximate surface area is 61.7 Å². The summed E-state index contributed by atoms with van der Waals surface area (Å²) in [5, 5.41) is 20.2. The smallest absolute Gasteiger partial charge is 0.176 e. The number of nitrogens with zero attached hydrogens (tertiary/aromatic N) is 1. The quantitative estimate of drug-likeness (QED) is 0.448. The minimum absolute atomic E-state index is 0.141. The van der Waals surface area contributed by atoms with Gasteiger partial charge in [-0.2, -0.15) is 5.26 Å². The molecule has 1 unspecified atom stereocenters. The molecule has 0 heterocycles. The average Bonchev–Trinajstić information content (AvgIpc) is 1.80. The molecule has 58 valence electrons. The molecule has 0 rings (SSSR count). The first-order valence-electron chi connectivity index (χ1n) is 3.39. The molecule has 0 radical (unpaired) electrons. The molecule has 0 saturated heterocycles. The monoisotopic (exact) mass is 142 g/mol. The third-order valence-electron chi connectivity index (χ3n) is 1.50. The SMILES string of the molecule is CCC(NC#N)C(C)(C)O. The molecule has 10 heavy (non-hydrogen) atoms. The molecule has 3 nitrogen and oxygen atoms in total. The van der Waals surface area contributed by atoms with Crippen molar-refractivity contribution in [2.45, 2.75) is 38.8 Å². The van der Waals surface area contributed by atoms with Crippen LogP contribution in [0, 0.1) is 11.5 Å². The van der Waals surface area contributed by atoms with Crippen LogP contribution in [0.25, 0.3) is 0 Å². The fourth-order valence-corrected chi connectivity index (χ4v) is 0.856. The maximum Gasteiger partial charge on any atom is 0.176 e. The maximum absolute atomic E-state index is 9.39. The van der Waals surface area contributed by atoms with E-state index in [2.05, 4.69) is 5.32 Å². The van der Waals surface area contributed by atoms with Gasteiger partial charge in [-0.3, -0.25) is 0 Å².